The summed E-state index contributed by atoms with van der Waals surface area (Å²) in [5.74, 6) is 0.705. The molecule has 0 saturated heterocycles. The van der Waals surface area contributed by atoms with Crippen molar-refractivity contribution in [3.8, 4) is 6.07 Å². The number of imidazole rings is 1. The van der Waals surface area contributed by atoms with E-state index in [4.69, 9.17) is 5.26 Å². The van der Waals surface area contributed by atoms with E-state index in [9.17, 15) is 0 Å². The smallest absolute Gasteiger partial charge is 0.130 e. The summed E-state index contributed by atoms with van der Waals surface area (Å²) in [7, 11) is 0. The van der Waals surface area contributed by atoms with Gasteiger partial charge in [-0.15, -0.1) is 0 Å². The summed E-state index contributed by atoms with van der Waals surface area (Å²) < 4.78 is 0. The number of rotatable bonds is 1. The van der Waals surface area contributed by atoms with Crippen molar-refractivity contribution < 1.29 is 0 Å². The first-order valence-electron chi connectivity index (χ1n) is 2.49. The van der Waals surface area contributed by atoms with Crippen LogP contribution in [0.15, 0.2) is 18.5 Å². The minimum Gasteiger partial charge on any atom is -0.345 e. The van der Waals surface area contributed by atoms with Gasteiger partial charge in [0.15, 0.2) is 0 Å². The first-order valence-corrected chi connectivity index (χ1v) is 2.49. The number of aromatic amines is 1. The number of allylic oxidation sites excluding steroid dienone is 1. The van der Waals surface area contributed by atoms with Crippen LogP contribution in [0, 0.1) is 11.3 Å². The number of nitrogens with zero attached hydrogens (tertiary/aromatic N) is 2. The van der Waals surface area contributed by atoms with E-state index >= 15 is 0 Å². The quantitative estimate of drug-likeness (QED) is 0.559. The molecule has 0 unspecified atom stereocenters. The summed E-state index contributed by atoms with van der Waals surface area (Å²) >= 11 is 0. The monoisotopic (exact) mass is 119 g/mol. The van der Waals surface area contributed by atoms with Crippen molar-refractivity contribution in [1.29, 1.82) is 5.26 Å². The first kappa shape index (κ1) is 5.57. The fourth-order valence-corrected chi connectivity index (χ4v) is 0.485. The zero-order valence-corrected chi connectivity index (χ0v) is 4.70. The second-order valence-electron chi connectivity index (χ2n) is 1.44. The Morgan fingerprint density at radius 1 is 1.78 bits per heavy atom. The van der Waals surface area contributed by atoms with Gasteiger partial charge in [-0.25, -0.2) is 4.98 Å². The molecule has 0 fully saturated rings. The number of H-pyrrole nitrogens is 1. The van der Waals surface area contributed by atoms with Crippen LogP contribution in [-0.4, -0.2) is 9.97 Å². The molecule has 1 aromatic heterocycles. The molecule has 1 aromatic rings. The van der Waals surface area contributed by atoms with Crippen LogP contribution in [0.4, 0.5) is 0 Å². The van der Waals surface area contributed by atoms with Gasteiger partial charge < -0.3 is 4.98 Å². The Morgan fingerprint density at radius 2 is 2.67 bits per heavy atom. The molecular formula is C6H5N3. The molecule has 3 nitrogen and oxygen atoms in total. The highest BCUT2D eigenvalue weighted by Gasteiger charge is 1.81. The van der Waals surface area contributed by atoms with E-state index in [0.29, 0.717) is 5.82 Å². The van der Waals surface area contributed by atoms with Gasteiger partial charge in [-0.3, -0.25) is 0 Å². The minimum atomic E-state index is 0.705. The Labute approximate surface area is 52.7 Å². The highest BCUT2D eigenvalue weighted by atomic mass is 14.9. The fourth-order valence-electron chi connectivity index (χ4n) is 0.485. The van der Waals surface area contributed by atoms with E-state index < -0.39 is 0 Å². The largest absolute Gasteiger partial charge is 0.345 e. The average Bonchev–Trinajstić information content (AvgIpc) is 2.34. The third kappa shape index (κ3) is 1.42. The standard InChI is InChI=1S/C6H5N3/c7-3-1-2-6-8-4-5-9-6/h1-2,4-5H,(H,8,9). The normalized spacial score (nSPS) is 9.67. The van der Waals surface area contributed by atoms with Gasteiger partial charge in [-0.1, -0.05) is 0 Å². The zero-order valence-electron chi connectivity index (χ0n) is 4.70. The molecule has 44 valence electrons. The van der Waals surface area contributed by atoms with Crippen LogP contribution in [0.1, 0.15) is 5.82 Å². The highest BCUT2D eigenvalue weighted by molar-refractivity contribution is 5.42. The fraction of sp³-hybridized carbons (Fsp3) is 0. The molecule has 0 saturated carbocycles. The molecule has 0 aliphatic carbocycles. The minimum absolute atomic E-state index is 0.705. The lowest BCUT2D eigenvalue weighted by molar-refractivity contribution is 1.26. The Kier molecular flexibility index (Phi) is 1.66. The number of hydrogen-bond donors (Lipinski definition) is 1. The molecule has 0 aromatic carbocycles. The Balaban J connectivity index is 2.71. The Bertz CT molecular complexity index is 227. The van der Waals surface area contributed by atoms with Crippen molar-refractivity contribution in [2.24, 2.45) is 0 Å². The van der Waals surface area contributed by atoms with Crippen LogP contribution < -0.4 is 0 Å². The maximum absolute atomic E-state index is 8.09. The van der Waals surface area contributed by atoms with E-state index in [1.54, 1.807) is 18.5 Å². The second-order valence-corrected chi connectivity index (χ2v) is 1.44. The van der Waals surface area contributed by atoms with Gasteiger partial charge >= 0.3 is 0 Å². The highest BCUT2D eigenvalue weighted by Crippen LogP contribution is 1.89. The van der Waals surface area contributed by atoms with E-state index in [1.165, 1.54) is 6.08 Å². The summed E-state index contributed by atoms with van der Waals surface area (Å²) in [6, 6.07) is 1.87. The third-order valence-corrected chi connectivity index (χ3v) is 0.835. The lowest BCUT2D eigenvalue weighted by Gasteiger charge is -1.75. The van der Waals surface area contributed by atoms with Crippen LogP contribution in [-0.2, 0) is 0 Å². The van der Waals surface area contributed by atoms with Crippen LogP contribution in [0.3, 0.4) is 0 Å². The van der Waals surface area contributed by atoms with Crippen molar-refractivity contribution in [2.45, 2.75) is 0 Å². The summed E-state index contributed by atoms with van der Waals surface area (Å²) in [4.78, 5) is 6.68. The van der Waals surface area contributed by atoms with Gasteiger partial charge in [-0.2, -0.15) is 5.26 Å². The number of nitrogens with one attached hydrogen (secondary N) is 1. The molecule has 0 spiro atoms. The SMILES string of the molecule is N#CC=Cc1ncc[nH]1. The van der Waals surface area contributed by atoms with E-state index in [1.807, 2.05) is 6.07 Å². The summed E-state index contributed by atoms with van der Waals surface area (Å²) in [6.07, 6.45) is 6.33. The molecule has 0 radical (unpaired) electrons. The molecule has 0 aliphatic rings. The zero-order chi connectivity index (χ0) is 6.53. The van der Waals surface area contributed by atoms with E-state index in [2.05, 4.69) is 9.97 Å². The predicted molar refractivity (Wildman–Crippen MR) is 33.2 cm³/mol. The molecule has 1 heterocycles. The molecule has 9 heavy (non-hydrogen) atoms. The van der Waals surface area contributed by atoms with E-state index in [0.717, 1.165) is 0 Å². The molecule has 0 amide bonds. The number of nitriles is 1. The van der Waals surface area contributed by atoms with Crippen molar-refractivity contribution in [2.75, 3.05) is 0 Å². The van der Waals surface area contributed by atoms with Crippen molar-refractivity contribution >= 4 is 6.08 Å². The van der Waals surface area contributed by atoms with Crippen LogP contribution in [0.2, 0.25) is 0 Å². The van der Waals surface area contributed by atoms with Crippen LogP contribution in [0.5, 0.6) is 0 Å². The maximum atomic E-state index is 8.09. The molecule has 0 bridgehead atoms. The summed E-state index contributed by atoms with van der Waals surface area (Å²) in [6.45, 7) is 0. The lowest BCUT2D eigenvalue weighted by Crippen LogP contribution is -1.70. The van der Waals surface area contributed by atoms with Gasteiger partial charge in [0.2, 0.25) is 0 Å². The van der Waals surface area contributed by atoms with Crippen molar-refractivity contribution in [3.63, 3.8) is 0 Å². The van der Waals surface area contributed by atoms with Gasteiger partial charge in [0.05, 0.1) is 6.07 Å². The molecule has 1 N–H and O–H groups in total. The van der Waals surface area contributed by atoms with Gasteiger partial charge in [0.1, 0.15) is 5.82 Å². The predicted octanol–water partition coefficient (Wildman–Crippen LogP) is 0.946. The molecule has 1 rings (SSSR count). The molecule has 0 atom stereocenters. The average molecular weight is 119 g/mol. The Hall–Kier alpha value is -1.56. The number of hydrogen-bond acceptors (Lipinski definition) is 2. The lowest BCUT2D eigenvalue weighted by atomic mass is 10.5. The Morgan fingerprint density at radius 3 is 3.22 bits per heavy atom. The molecule has 0 aliphatic heterocycles. The molecule has 3 heteroatoms. The maximum Gasteiger partial charge on any atom is 0.130 e. The van der Waals surface area contributed by atoms with Crippen molar-refractivity contribution in [1.82, 2.24) is 9.97 Å². The topological polar surface area (TPSA) is 52.5 Å². The van der Waals surface area contributed by atoms with Crippen LogP contribution >= 0.6 is 0 Å². The van der Waals surface area contributed by atoms with Gasteiger partial charge in [0, 0.05) is 18.5 Å². The van der Waals surface area contributed by atoms with Gasteiger partial charge in [-0.05, 0) is 6.08 Å². The molecular weight excluding hydrogens is 114 g/mol. The van der Waals surface area contributed by atoms with Crippen LogP contribution in [0.25, 0.3) is 6.08 Å². The third-order valence-electron chi connectivity index (χ3n) is 0.835. The summed E-state index contributed by atoms with van der Waals surface area (Å²) in [5, 5.41) is 8.09. The van der Waals surface area contributed by atoms with Gasteiger partial charge in [0.25, 0.3) is 0 Å². The second kappa shape index (κ2) is 2.68. The summed E-state index contributed by atoms with van der Waals surface area (Å²) in [5.41, 5.74) is 0. The number of aromatic nitrogens is 2. The van der Waals surface area contributed by atoms with E-state index in [-0.39, 0.29) is 0 Å². The first-order chi connectivity index (χ1) is 4.43. The van der Waals surface area contributed by atoms with Crippen molar-refractivity contribution in [3.05, 3.63) is 24.3 Å².